The third-order valence-electron chi connectivity index (χ3n) is 4.51. The van der Waals surface area contributed by atoms with Gasteiger partial charge in [0.15, 0.2) is 11.6 Å². The van der Waals surface area contributed by atoms with Crippen molar-refractivity contribution in [1.29, 1.82) is 0 Å². The van der Waals surface area contributed by atoms with Crippen LogP contribution in [0.1, 0.15) is 29.6 Å². The Morgan fingerprint density at radius 1 is 1.27 bits per heavy atom. The van der Waals surface area contributed by atoms with E-state index >= 15 is 0 Å². The molecule has 1 spiro atoms. The number of ether oxygens (including phenoxy) is 2. The van der Waals surface area contributed by atoms with Gasteiger partial charge in [0, 0.05) is 30.4 Å². The van der Waals surface area contributed by atoms with E-state index in [0.29, 0.717) is 25.2 Å². The Kier molecular flexibility index (Phi) is 4.66. The molecule has 0 unspecified atom stereocenters. The van der Waals surface area contributed by atoms with Gasteiger partial charge in [-0.25, -0.2) is 0 Å². The van der Waals surface area contributed by atoms with Gasteiger partial charge in [0.2, 0.25) is 0 Å². The predicted molar refractivity (Wildman–Crippen MR) is 80.6 cm³/mol. The number of hydrogen-bond acceptors (Lipinski definition) is 5. The molecule has 0 radical (unpaired) electrons. The Labute approximate surface area is 130 Å². The maximum atomic E-state index is 12.1. The van der Waals surface area contributed by atoms with E-state index in [1.165, 1.54) is 0 Å². The summed E-state index contributed by atoms with van der Waals surface area (Å²) in [5, 5.41) is 3.24. The van der Waals surface area contributed by atoms with Crippen molar-refractivity contribution in [2.24, 2.45) is 5.92 Å². The second-order valence-corrected chi connectivity index (χ2v) is 5.93. The van der Waals surface area contributed by atoms with Crippen molar-refractivity contribution < 1.29 is 19.1 Å². The first-order chi connectivity index (χ1) is 10.7. The molecule has 5 heteroatoms. The summed E-state index contributed by atoms with van der Waals surface area (Å²) in [6.45, 7) is 1.43. The molecule has 0 bridgehead atoms. The highest BCUT2D eigenvalue weighted by Gasteiger charge is 2.44. The van der Waals surface area contributed by atoms with E-state index in [2.05, 4.69) is 5.32 Å². The first kappa shape index (κ1) is 15.3. The molecule has 2 fully saturated rings. The van der Waals surface area contributed by atoms with Gasteiger partial charge in [-0.3, -0.25) is 4.79 Å². The summed E-state index contributed by atoms with van der Waals surface area (Å²) >= 11 is 0. The van der Waals surface area contributed by atoms with E-state index in [-0.39, 0.29) is 24.3 Å². The Morgan fingerprint density at radius 2 is 2.00 bits per heavy atom. The fourth-order valence-corrected chi connectivity index (χ4v) is 3.30. The van der Waals surface area contributed by atoms with Crippen molar-refractivity contribution in [2.75, 3.05) is 19.8 Å². The Hall–Kier alpha value is -1.56. The van der Waals surface area contributed by atoms with Crippen LogP contribution in [0.4, 0.5) is 0 Å². The summed E-state index contributed by atoms with van der Waals surface area (Å²) < 4.78 is 11.4. The van der Waals surface area contributed by atoms with E-state index in [1.807, 2.05) is 18.2 Å². The third-order valence-corrected chi connectivity index (χ3v) is 4.51. The van der Waals surface area contributed by atoms with Gasteiger partial charge in [-0.05, 0) is 6.42 Å². The van der Waals surface area contributed by atoms with Gasteiger partial charge < -0.3 is 19.6 Å². The number of hydrogen-bond donors (Lipinski definition) is 1. The zero-order chi connectivity index (χ0) is 15.4. The standard InChI is InChI=1S/C17H21NO4/c19-12-14-10-17(21-8-9-22-17)7-6-15(14)18-11-16(20)13-4-2-1-3-5-13/h1-5,12,14-15,18H,6-11H2/t14-,15-/m0/s1. The number of benzene rings is 1. The second-order valence-electron chi connectivity index (χ2n) is 5.93. The molecule has 0 aromatic heterocycles. The van der Waals surface area contributed by atoms with Crippen molar-refractivity contribution in [3.8, 4) is 0 Å². The lowest BCUT2D eigenvalue weighted by molar-refractivity contribution is -0.190. The lowest BCUT2D eigenvalue weighted by Crippen LogP contribution is -2.49. The van der Waals surface area contributed by atoms with Crippen molar-refractivity contribution in [2.45, 2.75) is 31.1 Å². The van der Waals surface area contributed by atoms with Gasteiger partial charge in [-0.1, -0.05) is 30.3 Å². The molecule has 1 aromatic rings. The van der Waals surface area contributed by atoms with Gasteiger partial charge in [-0.2, -0.15) is 0 Å². The van der Waals surface area contributed by atoms with Gasteiger partial charge in [-0.15, -0.1) is 0 Å². The third kappa shape index (κ3) is 3.27. The summed E-state index contributed by atoms with van der Waals surface area (Å²) in [6, 6.07) is 9.19. The first-order valence-corrected chi connectivity index (χ1v) is 7.77. The van der Waals surface area contributed by atoms with E-state index < -0.39 is 5.79 Å². The zero-order valence-corrected chi connectivity index (χ0v) is 12.5. The van der Waals surface area contributed by atoms with Crippen LogP contribution in [0.25, 0.3) is 0 Å². The summed E-state index contributed by atoms with van der Waals surface area (Å²) in [5.74, 6) is -0.720. The minimum absolute atomic E-state index is 0.00332. The van der Waals surface area contributed by atoms with E-state index in [0.717, 1.165) is 19.1 Å². The molecule has 1 aliphatic carbocycles. The molecule has 22 heavy (non-hydrogen) atoms. The summed E-state index contributed by atoms with van der Waals surface area (Å²) in [4.78, 5) is 23.5. The Balaban J connectivity index is 1.56. The van der Waals surface area contributed by atoms with Crippen molar-refractivity contribution in [1.82, 2.24) is 5.32 Å². The number of ketones is 1. The predicted octanol–water partition coefficient (Wildman–Crippen LogP) is 1.57. The van der Waals surface area contributed by atoms with Crippen LogP contribution in [0, 0.1) is 5.92 Å². The Bertz CT molecular complexity index is 525. The van der Waals surface area contributed by atoms with Gasteiger partial charge in [0.1, 0.15) is 6.29 Å². The molecule has 1 saturated carbocycles. The number of carbonyl (C=O) groups is 2. The molecular formula is C17H21NO4. The molecular weight excluding hydrogens is 282 g/mol. The summed E-state index contributed by atoms with van der Waals surface area (Å²) in [7, 11) is 0. The van der Waals surface area contributed by atoms with Crippen LogP contribution < -0.4 is 5.32 Å². The molecule has 0 amide bonds. The Morgan fingerprint density at radius 3 is 2.68 bits per heavy atom. The fraction of sp³-hybridized carbons (Fsp3) is 0.529. The SMILES string of the molecule is O=C[C@@H]1CC2(CC[C@@H]1NCC(=O)c1ccccc1)OCCO2. The lowest BCUT2D eigenvalue weighted by Gasteiger charge is -2.39. The largest absolute Gasteiger partial charge is 0.348 e. The van der Waals surface area contributed by atoms with Crippen LogP contribution in [0.5, 0.6) is 0 Å². The van der Waals surface area contributed by atoms with Gasteiger partial charge >= 0.3 is 0 Å². The molecule has 2 atom stereocenters. The van der Waals surface area contributed by atoms with Crippen molar-refractivity contribution >= 4 is 12.1 Å². The lowest BCUT2D eigenvalue weighted by atomic mass is 9.81. The average Bonchev–Trinajstić information content (AvgIpc) is 3.02. The highest BCUT2D eigenvalue weighted by Crippen LogP contribution is 2.38. The van der Waals surface area contributed by atoms with Gasteiger partial charge in [0.25, 0.3) is 0 Å². The number of rotatable bonds is 5. The monoisotopic (exact) mass is 303 g/mol. The smallest absolute Gasteiger partial charge is 0.176 e. The van der Waals surface area contributed by atoms with Crippen LogP contribution in [-0.4, -0.2) is 43.7 Å². The minimum Gasteiger partial charge on any atom is -0.348 e. The second kappa shape index (κ2) is 6.69. The quantitative estimate of drug-likeness (QED) is 0.661. The number of carbonyl (C=O) groups excluding carboxylic acids is 2. The molecule has 2 aliphatic rings. The highest BCUT2D eigenvalue weighted by molar-refractivity contribution is 5.97. The summed E-state index contributed by atoms with van der Waals surface area (Å²) in [5.41, 5.74) is 0.687. The number of nitrogens with one attached hydrogen (secondary N) is 1. The normalized spacial score (nSPS) is 26.9. The van der Waals surface area contributed by atoms with Crippen molar-refractivity contribution in [3.63, 3.8) is 0 Å². The molecule has 1 aromatic carbocycles. The number of Topliss-reactive ketones (excluding diaryl/α,β-unsaturated/α-hetero) is 1. The first-order valence-electron chi connectivity index (χ1n) is 7.77. The maximum absolute atomic E-state index is 12.1. The fourth-order valence-electron chi connectivity index (χ4n) is 3.30. The molecule has 1 N–H and O–H groups in total. The van der Waals surface area contributed by atoms with Crippen LogP contribution >= 0.6 is 0 Å². The van der Waals surface area contributed by atoms with E-state index in [4.69, 9.17) is 9.47 Å². The molecule has 1 heterocycles. The van der Waals surface area contributed by atoms with E-state index in [9.17, 15) is 9.59 Å². The molecule has 1 aliphatic heterocycles. The van der Waals surface area contributed by atoms with Crippen LogP contribution in [-0.2, 0) is 14.3 Å². The molecule has 5 nitrogen and oxygen atoms in total. The van der Waals surface area contributed by atoms with Crippen LogP contribution in [0.2, 0.25) is 0 Å². The van der Waals surface area contributed by atoms with Crippen LogP contribution in [0.15, 0.2) is 30.3 Å². The molecule has 3 rings (SSSR count). The van der Waals surface area contributed by atoms with Crippen LogP contribution in [0.3, 0.4) is 0 Å². The maximum Gasteiger partial charge on any atom is 0.176 e. The molecule has 118 valence electrons. The zero-order valence-electron chi connectivity index (χ0n) is 12.5. The minimum atomic E-state index is -0.576. The number of aldehydes is 1. The summed E-state index contributed by atoms with van der Waals surface area (Å²) in [6.07, 6.45) is 3.05. The van der Waals surface area contributed by atoms with Crippen molar-refractivity contribution in [3.05, 3.63) is 35.9 Å². The van der Waals surface area contributed by atoms with E-state index in [1.54, 1.807) is 12.1 Å². The van der Waals surface area contributed by atoms with Gasteiger partial charge in [0.05, 0.1) is 19.8 Å². The molecule has 1 saturated heterocycles. The highest BCUT2D eigenvalue weighted by atomic mass is 16.7. The topological polar surface area (TPSA) is 64.6 Å². The average molecular weight is 303 g/mol.